The van der Waals surface area contributed by atoms with Gasteiger partial charge in [0.25, 0.3) is 0 Å². The van der Waals surface area contributed by atoms with Gasteiger partial charge >= 0.3 is 11.9 Å². The third-order valence-electron chi connectivity index (χ3n) is 3.75. The van der Waals surface area contributed by atoms with E-state index < -0.39 is 23.3 Å². The van der Waals surface area contributed by atoms with E-state index >= 15 is 0 Å². The Balaban J connectivity index is 2.63. The molecule has 0 heterocycles. The molecule has 1 aromatic carbocycles. The number of ether oxygens (including phenoxy) is 1. The topological polar surface area (TPSA) is 83.8 Å². The zero-order valence-electron chi connectivity index (χ0n) is 11.1. The van der Waals surface area contributed by atoms with Gasteiger partial charge in [-0.1, -0.05) is 6.07 Å². The summed E-state index contributed by atoms with van der Waals surface area (Å²) >= 11 is 0. The summed E-state index contributed by atoms with van der Waals surface area (Å²) in [5.41, 5.74) is 0.837. The number of carboxylic acid groups (broad SMARTS) is 2. The first-order valence-electron chi connectivity index (χ1n) is 5.96. The van der Waals surface area contributed by atoms with E-state index in [4.69, 9.17) is 9.84 Å². The summed E-state index contributed by atoms with van der Waals surface area (Å²) in [4.78, 5) is 22.7. The van der Waals surface area contributed by atoms with Crippen LogP contribution >= 0.6 is 0 Å². The Hall–Kier alpha value is -2.04. The summed E-state index contributed by atoms with van der Waals surface area (Å²) in [5, 5.41) is 18.6. The molecule has 1 fully saturated rings. The molecule has 0 aliphatic heterocycles. The molecule has 19 heavy (non-hydrogen) atoms. The molecule has 5 nitrogen and oxygen atoms in total. The lowest BCUT2D eigenvalue weighted by molar-refractivity contribution is -0.146. The van der Waals surface area contributed by atoms with Gasteiger partial charge in [0.15, 0.2) is 0 Å². The first kappa shape index (κ1) is 13.4. The number of carboxylic acids is 2. The average molecular weight is 264 g/mol. The molecule has 0 bridgehead atoms. The predicted molar refractivity (Wildman–Crippen MR) is 67.5 cm³/mol. The van der Waals surface area contributed by atoms with Crippen LogP contribution in [-0.4, -0.2) is 29.3 Å². The second kappa shape index (κ2) is 4.26. The highest BCUT2D eigenvalue weighted by molar-refractivity contribution is 5.96. The van der Waals surface area contributed by atoms with Gasteiger partial charge in [-0.25, -0.2) is 0 Å². The first-order valence-corrected chi connectivity index (χ1v) is 5.96. The molecule has 0 amide bonds. The molecule has 0 saturated heterocycles. The van der Waals surface area contributed by atoms with Crippen molar-refractivity contribution in [2.24, 2.45) is 5.92 Å². The van der Waals surface area contributed by atoms with Crippen molar-refractivity contribution in [1.82, 2.24) is 0 Å². The van der Waals surface area contributed by atoms with Gasteiger partial charge in [-0.3, -0.25) is 9.59 Å². The molecule has 2 N–H and O–H groups in total. The van der Waals surface area contributed by atoms with Gasteiger partial charge in [0.1, 0.15) is 11.2 Å². The van der Waals surface area contributed by atoms with Crippen molar-refractivity contribution < 1.29 is 24.5 Å². The zero-order valence-corrected chi connectivity index (χ0v) is 11.1. The molecule has 2 unspecified atom stereocenters. The van der Waals surface area contributed by atoms with Crippen molar-refractivity contribution in [2.45, 2.75) is 25.7 Å². The quantitative estimate of drug-likeness (QED) is 0.865. The van der Waals surface area contributed by atoms with Crippen LogP contribution in [0.2, 0.25) is 0 Å². The Morgan fingerprint density at radius 3 is 2.37 bits per heavy atom. The average Bonchev–Trinajstić information content (AvgIpc) is 3.04. The van der Waals surface area contributed by atoms with E-state index in [1.54, 1.807) is 13.0 Å². The molecular weight excluding hydrogens is 248 g/mol. The van der Waals surface area contributed by atoms with Crippen LogP contribution in [0.25, 0.3) is 0 Å². The maximum absolute atomic E-state index is 11.6. The van der Waals surface area contributed by atoms with E-state index in [9.17, 15) is 14.7 Å². The van der Waals surface area contributed by atoms with E-state index in [1.165, 1.54) is 7.11 Å². The van der Waals surface area contributed by atoms with Gasteiger partial charge in [0.2, 0.25) is 0 Å². The maximum Gasteiger partial charge on any atom is 0.315 e. The van der Waals surface area contributed by atoms with Crippen LogP contribution in [0.15, 0.2) is 12.1 Å². The molecule has 2 rings (SSSR count). The maximum atomic E-state index is 11.6. The number of methoxy groups -OCH3 is 1. The van der Waals surface area contributed by atoms with Gasteiger partial charge in [0, 0.05) is 5.56 Å². The van der Waals surface area contributed by atoms with Gasteiger partial charge in [-0.2, -0.15) is 0 Å². The molecule has 0 spiro atoms. The molecular formula is C14H16O5. The predicted octanol–water partition coefficient (Wildman–Crippen LogP) is 1.74. The van der Waals surface area contributed by atoms with Crippen LogP contribution in [0.3, 0.4) is 0 Å². The van der Waals surface area contributed by atoms with Crippen LogP contribution < -0.4 is 4.74 Å². The van der Waals surface area contributed by atoms with E-state index in [1.807, 2.05) is 13.0 Å². The van der Waals surface area contributed by atoms with Crippen LogP contribution in [0, 0.1) is 19.8 Å². The third-order valence-corrected chi connectivity index (χ3v) is 3.75. The molecule has 0 radical (unpaired) electrons. The molecule has 2 atom stereocenters. The number of aliphatic carboxylic acids is 2. The highest BCUT2D eigenvalue weighted by Gasteiger charge is 2.67. The lowest BCUT2D eigenvalue weighted by Crippen LogP contribution is -2.27. The molecule has 1 aromatic rings. The van der Waals surface area contributed by atoms with Crippen molar-refractivity contribution in [3.05, 3.63) is 28.8 Å². The molecule has 0 aromatic heterocycles. The Morgan fingerprint density at radius 2 is 1.95 bits per heavy atom. The standard InChI is InChI=1S/C14H16O5/c1-7-4-8(2)11(10(5-7)19-3)14(13(17)18)6-9(14)12(15)16/h4-5,9H,6H2,1-3H3,(H,15,16)(H,17,18). The van der Waals surface area contributed by atoms with Crippen LogP contribution in [0.1, 0.15) is 23.1 Å². The smallest absolute Gasteiger partial charge is 0.315 e. The first-order chi connectivity index (χ1) is 8.84. The number of rotatable bonds is 4. The van der Waals surface area contributed by atoms with Crippen LogP contribution in [0.5, 0.6) is 5.75 Å². The summed E-state index contributed by atoms with van der Waals surface area (Å²) in [6.45, 7) is 3.67. The van der Waals surface area contributed by atoms with E-state index in [0.717, 1.165) is 11.1 Å². The minimum atomic E-state index is -1.35. The summed E-state index contributed by atoms with van der Waals surface area (Å²) in [7, 11) is 1.46. The zero-order chi connectivity index (χ0) is 14.4. The van der Waals surface area contributed by atoms with E-state index in [0.29, 0.717) is 11.3 Å². The fourth-order valence-corrected chi connectivity index (χ4v) is 2.84. The number of carbonyl (C=O) groups is 2. The minimum absolute atomic E-state index is 0.109. The van der Waals surface area contributed by atoms with Crippen molar-refractivity contribution in [1.29, 1.82) is 0 Å². The lowest BCUT2D eigenvalue weighted by atomic mass is 9.87. The van der Waals surface area contributed by atoms with Crippen molar-refractivity contribution in [3.8, 4) is 5.75 Å². The van der Waals surface area contributed by atoms with Gasteiger partial charge < -0.3 is 14.9 Å². The Morgan fingerprint density at radius 1 is 1.32 bits per heavy atom. The SMILES string of the molecule is COc1cc(C)cc(C)c1C1(C(=O)O)CC1C(=O)O. The van der Waals surface area contributed by atoms with Gasteiger partial charge in [0.05, 0.1) is 13.0 Å². The Kier molecular flexibility index (Phi) is 3.00. The van der Waals surface area contributed by atoms with Gasteiger partial charge in [-0.15, -0.1) is 0 Å². The van der Waals surface area contributed by atoms with Crippen molar-refractivity contribution in [2.75, 3.05) is 7.11 Å². The molecule has 5 heteroatoms. The monoisotopic (exact) mass is 264 g/mol. The van der Waals surface area contributed by atoms with Crippen molar-refractivity contribution >= 4 is 11.9 Å². The molecule has 1 saturated carbocycles. The summed E-state index contributed by atoms with van der Waals surface area (Å²) in [6, 6.07) is 3.59. The summed E-state index contributed by atoms with van der Waals surface area (Å²) in [6.07, 6.45) is 0.109. The number of aryl methyl sites for hydroxylation is 2. The largest absolute Gasteiger partial charge is 0.496 e. The minimum Gasteiger partial charge on any atom is -0.496 e. The number of hydrogen-bond acceptors (Lipinski definition) is 3. The van der Waals surface area contributed by atoms with E-state index in [2.05, 4.69) is 0 Å². The summed E-state index contributed by atoms with van der Waals surface area (Å²) in [5.74, 6) is -2.63. The molecule has 1 aliphatic carbocycles. The Labute approximate surface area is 110 Å². The second-order valence-corrected chi connectivity index (χ2v) is 5.03. The summed E-state index contributed by atoms with van der Waals surface area (Å²) < 4.78 is 5.26. The fourth-order valence-electron chi connectivity index (χ4n) is 2.84. The second-order valence-electron chi connectivity index (χ2n) is 5.03. The van der Waals surface area contributed by atoms with E-state index in [-0.39, 0.29) is 6.42 Å². The third kappa shape index (κ3) is 1.85. The highest BCUT2D eigenvalue weighted by atomic mass is 16.5. The number of benzene rings is 1. The molecule has 102 valence electrons. The van der Waals surface area contributed by atoms with Gasteiger partial charge in [-0.05, 0) is 37.5 Å². The Bertz CT molecular complexity index is 563. The molecule has 1 aliphatic rings. The number of hydrogen-bond donors (Lipinski definition) is 2. The van der Waals surface area contributed by atoms with Crippen LogP contribution in [-0.2, 0) is 15.0 Å². The lowest BCUT2D eigenvalue weighted by Gasteiger charge is -2.19. The van der Waals surface area contributed by atoms with Crippen molar-refractivity contribution in [3.63, 3.8) is 0 Å². The normalized spacial score (nSPS) is 24.9. The van der Waals surface area contributed by atoms with Crippen LogP contribution in [0.4, 0.5) is 0 Å². The highest BCUT2D eigenvalue weighted by Crippen LogP contribution is 2.58. The fraction of sp³-hybridized carbons (Fsp3) is 0.429.